The number of rotatable bonds is 2. The van der Waals surface area contributed by atoms with Crippen LogP contribution in [0.4, 0.5) is 0 Å². The van der Waals surface area contributed by atoms with E-state index in [-0.39, 0.29) is 9.49 Å². The Labute approximate surface area is 175 Å². The quantitative estimate of drug-likeness (QED) is 0.606. The van der Waals surface area contributed by atoms with Crippen LogP contribution in [0.25, 0.3) is 0 Å². The smallest absolute Gasteiger partial charge is 0.161 e. The van der Waals surface area contributed by atoms with Crippen molar-refractivity contribution < 1.29 is 23.2 Å². The summed E-state index contributed by atoms with van der Waals surface area (Å²) in [4.78, 5) is 8.69. The van der Waals surface area contributed by atoms with Crippen LogP contribution in [-0.4, -0.2) is 31.1 Å². The zero-order chi connectivity index (χ0) is 19.7. The van der Waals surface area contributed by atoms with Gasteiger partial charge >= 0.3 is 0 Å². The van der Waals surface area contributed by atoms with Crippen molar-refractivity contribution in [1.82, 2.24) is 0 Å². The largest absolute Gasteiger partial charge is 0.228 e. The van der Waals surface area contributed by atoms with Gasteiger partial charge in [0.2, 0.25) is 0 Å². The maximum absolute atomic E-state index is 14.1. The van der Waals surface area contributed by atoms with E-state index in [1.54, 1.807) is 0 Å². The van der Waals surface area contributed by atoms with Crippen molar-refractivity contribution in [1.29, 1.82) is 0 Å². The van der Waals surface area contributed by atoms with Crippen molar-refractivity contribution >= 4 is 9.84 Å². The molecule has 9 aliphatic rings. The van der Waals surface area contributed by atoms with Crippen LogP contribution in [-0.2, 0) is 24.7 Å². The standard InChI is InChI=1S/C20H30O2S.C3H6O3/c21-23(22,19-7-13-1-14(8-19)3-15(2-13)9-19)20-10-16-4-17(11-20)6-18(5-16)12-20;1-2-4-6-5-3-1/h13-18H,1-12H2;1-3H2. The Morgan fingerprint density at radius 2 is 0.862 bits per heavy atom. The summed E-state index contributed by atoms with van der Waals surface area (Å²) in [7, 11) is -2.98. The van der Waals surface area contributed by atoms with Gasteiger partial charge < -0.3 is 0 Å². The third-order valence-corrected chi connectivity index (χ3v) is 12.9. The first-order valence-corrected chi connectivity index (χ1v) is 13.6. The highest BCUT2D eigenvalue weighted by Crippen LogP contribution is 2.65. The van der Waals surface area contributed by atoms with E-state index in [9.17, 15) is 8.42 Å². The zero-order valence-corrected chi connectivity index (χ0v) is 18.3. The van der Waals surface area contributed by atoms with Crippen molar-refractivity contribution in [3.8, 4) is 0 Å². The van der Waals surface area contributed by atoms with Crippen molar-refractivity contribution in [2.45, 2.75) is 93.0 Å². The van der Waals surface area contributed by atoms with Crippen LogP contribution in [0, 0.1) is 35.5 Å². The maximum Gasteiger partial charge on any atom is 0.161 e. The predicted molar refractivity (Wildman–Crippen MR) is 108 cm³/mol. The van der Waals surface area contributed by atoms with Gasteiger partial charge in [0.25, 0.3) is 0 Å². The Hall–Kier alpha value is -0.170. The topological polar surface area (TPSA) is 61.8 Å². The fraction of sp³-hybridized carbons (Fsp3) is 1.00. The van der Waals surface area contributed by atoms with E-state index >= 15 is 0 Å². The monoisotopic (exact) mass is 424 g/mol. The van der Waals surface area contributed by atoms with E-state index in [1.807, 2.05) is 0 Å². The molecule has 0 aromatic rings. The summed E-state index contributed by atoms with van der Waals surface area (Å²) in [6.07, 6.45) is 15.2. The summed E-state index contributed by atoms with van der Waals surface area (Å²) in [6.45, 7) is 1.31. The first-order valence-electron chi connectivity index (χ1n) is 12.1. The number of sulfone groups is 1. The first kappa shape index (κ1) is 19.5. The molecule has 1 heterocycles. The lowest BCUT2D eigenvalue weighted by atomic mass is 9.55. The van der Waals surface area contributed by atoms with Crippen molar-refractivity contribution in [3.05, 3.63) is 0 Å². The van der Waals surface area contributed by atoms with Gasteiger partial charge in [-0.1, -0.05) is 5.04 Å². The highest BCUT2D eigenvalue weighted by atomic mass is 32.2. The van der Waals surface area contributed by atoms with Gasteiger partial charge in [-0.25, -0.2) is 18.2 Å². The van der Waals surface area contributed by atoms with Gasteiger partial charge in [0.15, 0.2) is 9.84 Å². The molecule has 29 heavy (non-hydrogen) atoms. The third kappa shape index (κ3) is 3.07. The maximum atomic E-state index is 14.1. The molecule has 5 nitrogen and oxygen atoms in total. The molecule has 1 saturated heterocycles. The highest BCUT2D eigenvalue weighted by molar-refractivity contribution is 7.94. The van der Waals surface area contributed by atoms with Gasteiger partial charge in [0.1, 0.15) is 0 Å². The molecule has 0 N–H and O–H groups in total. The van der Waals surface area contributed by atoms with Gasteiger partial charge in [-0.3, -0.25) is 0 Å². The lowest BCUT2D eigenvalue weighted by molar-refractivity contribution is -0.532. The third-order valence-electron chi connectivity index (χ3n) is 9.66. The van der Waals surface area contributed by atoms with Gasteiger partial charge in [-0.05, 0) is 113 Å². The first-order chi connectivity index (χ1) is 14.0. The van der Waals surface area contributed by atoms with Crippen molar-refractivity contribution in [2.24, 2.45) is 35.5 Å². The molecule has 0 spiro atoms. The Morgan fingerprint density at radius 1 is 0.552 bits per heavy atom. The Morgan fingerprint density at radius 3 is 1.07 bits per heavy atom. The van der Waals surface area contributed by atoms with Crippen LogP contribution < -0.4 is 0 Å². The molecule has 0 atom stereocenters. The molecule has 0 amide bonds. The molecule has 0 aromatic carbocycles. The second-order valence-electron chi connectivity index (χ2n) is 11.8. The fourth-order valence-electron chi connectivity index (χ4n) is 9.46. The van der Waals surface area contributed by atoms with Crippen LogP contribution in [0.5, 0.6) is 0 Å². The van der Waals surface area contributed by atoms with Crippen molar-refractivity contribution in [3.63, 3.8) is 0 Å². The van der Waals surface area contributed by atoms with Gasteiger partial charge in [-0.15, -0.1) is 0 Å². The molecule has 1 aliphatic heterocycles. The molecule has 9 fully saturated rings. The van der Waals surface area contributed by atoms with Crippen LogP contribution in [0.3, 0.4) is 0 Å². The van der Waals surface area contributed by atoms with Crippen LogP contribution in [0.2, 0.25) is 0 Å². The molecule has 6 heteroatoms. The lowest BCUT2D eigenvalue weighted by Gasteiger charge is -2.62. The summed E-state index contributed by atoms with van der Waals surface area (Å²) < 4.78 is 27.7. The molecule has 0 aromatic heterocycles. The Kier molecular flexibility index (Phi) is 4.65. The van der Waals surface area contributed by atoms with Gasteiger partial charge in [-0.2, -0.15) is 0 Å². The molecular formula is C23H36O5S. The number of hydrogen-bond donors (Lipinski definition) is 0. The minimum Gasteiger partial charge on any atom is -0.228 e. The molecule has 8 bridgehead atoms. The van der Waals surface area contributed by atoms with E-state index in [1.165, 1.54) is 38.5 Å². The minimum atomic E-state index is -2.98. The summed E-state index contributed by atoms with van der Waals surface area (Å²) >= 11 is 0. The summed E-state index contributed by atoms with van der Waals surface area (Å²) in [6, 6.07) is 0. The lowest BCUT2D eigenvalue weighted by Crippen LogP contribution is -2.64. The zero-order valence-electron chi connectivity index (χ0n) is 17.5. The summed E-state index contributed by atoms with van der Waals surface area (Å²) in [5.74, 6) is 4.44. The summed E-state index contributed by atoms with van der Waals surface area (Å²) in [5, 5.41) is 4.07. The second-order valence-corrected chi connectivity index (χ2v) is 14.5. The fourth-order valence-corrected chi connectivity index (χ4v) is 13.1. The van der Waals surface area contributed by atoms with Crippen LogP contribution in [0.1, 0.15) is 83.5 Å². The molecule has 8 aliphatic carbocycles. The Bertz CT molecular complexity index is 608. The average Bonchev–Trinajstić information content (AvgIpc) is 2.67. The number of hydrogen-bond acceptors (Lipinski definition) is 5. The summed E-state index contributed by atoms with van der Waals surface area (Å²) in [5.41, 5.74) is 0. The second kappa shape index (κ2) is 6.91. The van der Waals surface area contributed by atoms with E-state index in [4.69, 9.17) is 0 Å². The Balaban J connectivity index is 0.000000239. The van der Waals surface area contributed by atoms with Crippen LogP contribution in [0.15, 0.2) is 0 Å². The molecule has 0 unspecified atom stereocenters. The van der Waals surface area contributed by atoms with E-state index < -0.39 is 9.84 Å². The molecule has 164 valence electrons. The molecule has 9 rings (SSSR count). The van der Waals surface area contributed by atoms with Gasteiger partial charge in [0.05, 0.1) is 22.7 Å². The predicted octanol–water partition coefficient (Wildman–Crippen LogP) is 4.61. The average molecular weight is 425 g/mol. The highest BCUT2D eigenvalue weighted by Gasteiger charge is 2.66. The van der Waals surface area contributed by atoms with E-state index in [0.29, 0.717) is 13.2 Å². The van der Waals surface area contributed by atoms with E-state index in [0.717, 1.165) is 80.5 Å². The molecule has 0 radical (unpaired) electrons. The normalized spacial score (nSPS) is 52.3. The van der Waals surface area contributed by atoms with Crippen molar-refractivity contribution in [2.75, 3.05) is 13.2 Å². The van der Waals surface area contributed by atoms with Gasteiger partial charge in [0, 0.05) is 6.42 Å². The molecular weight excluding hydrogens is 388 g/mol. The van der Waals surface area contributed by atoms with Crippen LogP contribution >= 0.6 is 0 Å². The SMILES string of the molecule is C1COOOC1.O=S(=O)(C12CC3CC(CC(C3)C1)C2)C12CC3CC(CC(C3)C1)C2. The van der Waals surface area contributed by atoms with E-state index in [2.05, 4.69) is 14.8 Å². The minimum absolute atomic E-state index is 0.284. The molecule has 8 saturated carbocycles.